The van der Waals surface area contributed by atoms with E-state index in [2.05, 4.69) is 20.4 Å². The van der Waals surface area contributed by atoms with Crippen molar-refractivity contribution in [2.45, 2.75) is 0 Å². The Bertz CT molecular complexity index is 1060. The first-order valence-corrected chi connectivity index (χ1v) is 7.62. The highest BCUT2D eigenvalue weighted by atomic mass is 16.5. The number of hydrogen-bond acceptors (Lipinski definition) is 6. The van der Waals surface area contributed by atoms with Crippen molar-refractivity contribution in [2.24, 2.45) is 10.2 Å². The van der Waals surface area contributed by atoms with Crippen LogP contribution in [0.15, 0.2) is 57.5 Å². The third kappa shape index (κ3) is 3.18. The van der Waals surface area contributed by atoms with Crippen LogP contribution in [0, 0.1) is 11.3 Å². The summed E-state index contributed by atoms with van der Waals surface area (Å²) >= 11 is 0. The Balaban J connectivity index is 2.04. The van der Waals surface area contributed by atoms with Crippen LogP contribution in [-0.2, 0) is 0 Å². The molecule has 0 saturated heterocycles. The van der Waals surface area contributed by atoms with Gasteiger partial charge in [-0.15, -0.1) is 10.2 Å². The first-order chi connectivity index (χ1) is 12.7. The molecule has 0 aliphatic carbocycles. The fourth-order valence-corrected chi connectivity index (χ4v) is 2.41. The van der Waals surface area contributed by atoms with Gasteiger partial charge in [0.1, 0.15) is 11.8 Å². The highest BCUT2D eigenvalue weighted by Gasteiger charge is 2.14. The van der Waals surface area contributed by atoms with Gasteiger partial charge in [-0.05, 0) is 30.3 Å². The molecule has 0 aliphatic rings. The normalized spacial score (nSPS) is 10.7. The van der Waals surface area contributed by atoms with Crippen LogP contribution in [0.1, 0.15) is 5.56 Å². The lowest BCUT2D eigenvalue weighted by Gasteiger charge is -2.08. The van der Waals surface area contributed by atoms with Crippen molar-refractivity contribution in [3.05, 3.63) is 58.4 Å². The van der Waals surface area contributed by atoms with Gasteiger partial charge in [-0.1, -0.05) is 12.1 Å². The molecule has 3 aromatic rings. The molecule has 1 aromatic heterocycles. The zero-order chi connectivity index (χ0) is 18.5. The smallest absolute Gasteiger partial charge is 0.292 e. The molecule has 0 atom stereocenters. The highest BCUT2D eigenvalue weighted by Crippen LogP contribution is 2.34. The van der Waals surface area contributed by atoms with Crippen LogP contribution < -0.4 is 15.0 Å². The van der Waals surface area contributed by atoms with E-state index >= 15 is 0 Å². The molecule has 0 bridgehead atoms. The Morgan fingerprint density at radius 1 is 1.00 bits per heavy atom. The molecule has 3 rings (SSSR count). The zero-order valence-corrected chi connectivity index (χ0v) is 14.1. The quantitative estimate of drug-likeness (QED) is 0.683. The lowest BCUT2D eigenvalue weighted by atomic mass is 10.1. The van der Waals surface area contributed by atoms with Gasteiger partial charge in [-0.25, -0.2) is 0 Å². The van der Waals surface area contributed by atoms with Crippen LogP contribution in [0.2, 0.25) is 0 Å². The molecule has 2 aromatic carbocycles. The molecular formula is C18H15N5O3. The van der Waals surface area contributed by atoms with E-state index in [-0.39, 0.29) is 5.69 Å². The van der Waals surface area contributed by atoms with Gasteiger partial charge in [0.2, 0.25) is 0 Å². The van der Waals surface area contributed by atoms with Gasteiger partial charge in [-0.3, -0.25) is 15.0 Å². The summed E-state index contributed by atoms with van der Waals surface area (Å²) in [5.41, 5.74) is 1.56. The van der Waals surface area contributed by atoms with E-state index in [1.54, 1.807) is 49.6 Å². The van der Waals surface area contributed by atoms with E-state index in [4.69, 9.17) is 14.7 Å². The Hall–Kier alpha value is -3.86. The van der Waals surface area contributed by atoms with E-state index in [0.29, 0.717) is 34.0 Å². The molecular weight excluding hydrogens is 334 g/mol. The van der Waals surface area contributed by atoms with Crippen LogP contribution in [-0.4, -0.2) is 24.4 Å². The second-order valence-corrected chi connectivity index (χ2v) is 5.20. The van der Waals surface area contributed by atoms with Crippen LogP contribution in [0.4, 0.5) is 11.4 Å². The maximum absolute atomic E-state index is 12.1. The van der Waals surface area contributed by atoms with E-state index in [9.17, 15) is 4.79 Å². The molecule has 0 radical (unpaired) electrons. The predicted octanol–water partition coefficient (Wildman–Crippen LogP) is 3.67. The number of hydrogen-bond donors (Lipinski definition) is 2. The number of aromatic amines is 2. The topological polar surface area (TPSA) is 116 Å². The van der Waals surface area contributed by atoms with Gasteiger partial charge in [0, 0.05) is 5.56 Å². The van der Waals surface area contributed by atoms with Crippen molar-refractivity contribution >= 4 is 11.4 Å². The number of methoxy groups -OCH3 is 2. The largest absolute Gasteiger partial charge is 0.493 e. The monoisotopic (exact) mass is 349 g/mol. The van der Waals surface area contributed by atoms with Gasteiger partial charge in [0.15, 0.2) is 17.2 Å². The average molecular weight is 349 g/mol. The molecule has 26 heavy (non-hydrogen) atoms. The minimum absolute atomic E-state index is 0.102. The Labute approximate surface area is 148 Å². The predicted molar refractivity (Wildman–Crippen MR) is 95.3 cm³/mol. The number of nitriles is 1. The molecule has 0 amide bonds. The van der Waals surface area contributed by atoms with Gasteiger partial charge in [0.25, 0.3) is 5.56 Å². The van der Waals surface area contributed by atoms with Crippen molar-refractivity contribution in [3.8, 4) is 28.8 Å². The molecule has 0 unspecified atom stereocenters. The van der Waals surface area contributed by atoms with Crippen molar-refractivity contribution in [3.63, 3.8) is 0 Å². The Morgan fingerprint density at radius 3 is 2.50 bits per heavy atom. The highest BCUT2D eigenvalue weighted by molar-refractivity contribution is 5.73. The number of ether oxygens (including phenoxy) is 2. The number of nitrogens with zero attached hydrogens (tertiary/aromatic N) is 3. The fraction of sp³-hybridized carbons (Fsp3) is 0.111. The lowest BCUT2D eigenvalue weighted by Crippen LogP contribution is -1.96. The van der Waals surface area contributed by atoms with Crippen molar-refractivity contribution in [1.29, 1.82) is 5.26 Å². The van der Waals surface area contributed by atoms with Gasteiger partial charge < -0.3 is 9.47 Å². The summed E-state index contributed by atoms with van der Waals surface area (Å²) < 4.78 is 10.5. The molecule has 1 heterocycles. The third-order valence-corrected chi connectivity index (χ3v) is 3.71. The minimum Gasteiger partial charge on any atom is -0.493 e. The third-order valence-electron chi connectivity index (χ3n) is 3.71. The summed E-state index contributed by atoms with van der Waals surface area (Å²) in [7, 11) is 3.07. The molecule has 0 spiro atoms. The van der Waals surface area contributed by atoms with Crippen LogP contribution in [0.25, 0.3) is 11.3 Å². The number of aromatic nitrogens is 2. The number of benzene rings is 2. The van der Waals surface area contributed by atoms with E-state index in [0.717, 1.165) is 0 Å². The van der Waals surface area contributed by atoms with Gasteiger partial charge >= 0.3 is 0 Å². The van der Waals surface area contributed by atoms with Crippen molar-refractivity contribution in [1.82, 2.24) is 10.2 Å². The SMILES string of the molecule is COc1ccc(-c2[nH][nH]c(=O)c2N=Nc2ccccc2C#N)cc1OC. The first kappa shape index (κ1) is 17.0. The van der Waals surface area contributed by atoms with Crippen molar-refractivity contribution < 1.29 is 9.47 Å². The molecule has 0 saturated carbocycles. The number of rotatable bonds is 5. The number of nitrogens with one attached hydrogen (secondary N) is 2. The average Bonchev–Trinajstić information content (AvgIpc) is 3.06. The van der Waals surface area contributed by atoms with E-state index in [1.165, 1.54) is 7.11 Å². The van der Waals surface area contributed by atoms with Gasteiger partial charge in [0.05, 0.1) is 25.5 Å². The molecule has 0 aliphatic heterocycles. The second kappa shape index (κ2) is 7.36. The summed E-state index contributed by atoms with van der Waals surface area (Å²) in [6, 6.07) is 14.0. The van der Waals surface area contributed by atoms with Crippen LogP contribution in [0.5, 0.6) is 11.5 Å². The van der Waals surface area contributed by atoms with Gasteiger partial charge in [-0.2, -0.15) is 5.26 Å². The second-order valence-electron chi connectivity index (χ2n) is 5.20. The summed E-state index contributed by atoms with van der Waals surface area (Å²) in [5.74, 6) is 1.09. The Morgan fingerprint density at radius 2 is 1.77 bits per heavy atom. The standard InChI is InChI=1S/C18H15N5O3/c1-25-14-8-7-11(9-15(14)26-2)16-17(18(24)23-21-16)22-20-13-6-4-3-5-12(13)10-19/h3-9H,1-2H3,(H2,21,23,24). The minimum atomic E-state index is -0.423. The fourth-order valence-electron chi connectivity index (χ4n) is 2.41. The zero-order valence-electron chi connectivity index (χ0n) is 14.1. The molecule has 130 valence electrons. The number of azo groups is 1. The van der Waals surface area contributed by atoms with E-state index in [1.807, 2.05) is 6.07 Å². The number of H-pyrrole nitrogens is 2. The van der Waals surface area contributed by atoms with Crippen molar-refractivity contribution in [2.75, 3.05) is 14.2 Å². The lowest BCUT2D eigenvalue weighted by molar-refractivity contribution is 0.355. The van der Waals surface area contributed by atoms with E-state index < -0.39 is 5.56 Å². The maximum Gasteiger partial charge on any atom is 0.292 e. The summed E-state index contributed by atoms with van der Waals surface area (Å²) in [6.07, 6.45) is 0. The molecule has 8 nitrogen and oxygen atoms in total. The maximum atomic E-state index is 12.1. The molecule has 2 N–H and O–H groups in total. The van der Waals surface area contributed by atoms with Crippen LogP contribution >= 0.6 is 0 Å². The summed E-state index contributed by atoms with van der Waals surface area (Å²) in [4.78, 5) is 12.1. The summed E-state index contributed by atoms with van der Waals surface area (Å²) in [5, 5.41) is 22.5. The molecule has 0 fully saturated rings. The first-order valence-electron chi connectivity index (χ1n) is 7.62. The molecule has 8 heteroatoms. The Kier molecular flexibility index (Phi) is 4.80. The summed E-state index contributed by atoms with van der Waals surface area (Å²) in [6.45, 7) is 0. The van der Waals surface area contributed by atoms with Crippen LogP contribution in [0.3, 0.4) is 0 Å².